The number of rotatable bonds is 5. The number of nitrogens with zero attached hydrogens (tertiary/aromatic N) is 4. The minimum Gasteiger partial charge on any atom is -0.409 e. The predicted octanol–water partition coefficient (Wildman–Crippen LogP) is 3.81. The summed E-state index contributed by atoms with van der Waals surface area (Å²) in [7, 11) is 0. The third kappa shape index (κ3) is 5.97. The first-order valence-electron chi connectivity index (χ1n) is 12.0. The first-order chi connectivity index (χ1) is 16.5. The van der Waals surface area contributed by atoms with Crippen LogP contribution in [-0.4, -0.2) is 89.3 Å². The Morgan fingerprint density at radius 3 is 2.65 bits per heavy atom. The lowest BCUT2D eigenvalue weighted by Crippen LogP contribution is -2.47. The molecular weight excluding hydrogens is 473 g/mol. The van der Waals surface area contributed by atoms with Crippen LogP contribution in [0, 0.1) is 5.82 Å². The summed E-state index contributed by atoms with van der Waals surface area (Å²) < 4.78 is 19.7. The van der Waals surface area contributed by atoms with Crippen molar-refractivity contribution in [1.82, 2.24) is 20.0 Å². The van der Waals surface area contributed by atoms with Crippen molar-refractivity contribution >= 4 is 46.3 Å². The molecule has 0 aromatic heterocycles. The molecule has 0 saturated carbocycles. The van der Waals surface area contributed by atoms with Crippen LogP contribution in [0.15, 0.2) is 28.1 Å². The number of carbonyl (C=O) groups is 1. The molecule has 184 valence electrons. The maximum absolute atomic E-state index is 14.1. The molecule has 0 bridgehead atoms. The SMILES string of the molecule is CCN(CC)C1CCN(C(=O)Oc2cc(F)ccc2/C=C2\SC(N3CCNCC3)=NC2=S)CC1. The highest BCUT2D eigenvalue weighted by Gasteiger charge is 2.28. The van der Waals surface area contributed by atoms with Crippen LogP contribution in [0.2, 0.25) is 0 Å². The second-order valence-electron chi connectivity index (χ2n) is 8.54. The lowest BCUT2D eigenvalue weighted by Gasteiger charge is -2.37. The van der Waals surface area contributed by atoms with E-state index in [2.05, 4.69) is 34.0 Å². The van der Waals surface area contributed by atoms with Crippen molar-refractivity contribution in [3.05, 3.63) is 34.5 Å². The lowest BCUT2D eigenvalue weighted by atomic mass is 10.0. The first kappa shape index (κ1) is 25.1. The fraction of sp³-hybridized carbons (Fsp3) is 0.542. The zero-order valence-corrected chi connectivity index (χ0v) is 21.4. The number of carbonyl (C=O) groups excluding carboxylic acids is 1. The third-order valence-corrected chi connectivity index (χ3v) is 8.01. The molecule has 1 N–H and O–H groups in total. The topological polar surface area (TPSA) is 60.4 Å². The quantitative estimate of drug-likeness (QED) is 0.482. The lowest BCUT2D eigenvalue weighted by molar-refractivity contribution is 0.104. The predicted molar refractivity (Wildman–Crippen MR) is 140 cm³/mol. The molecule has 34 heavy (non-hydrogen) atoms. The average molecular weight is 506 g/mol. The Bertz CT molecular complexity index is 968. The number of piperazine rings is 1. The summed E-state index contributed by atoms with van der Waals surface area (Å²) in [4.78, 5) is 25.1. The Morgan fingerprint density at radius 2 is 1.97 bits per heavy atom. The molecule has 2 fully saturated rings. The normalized spacial score (nSPS) is 20.9. The van der Waals surface area contributed by atoms with E-state index in [0.717, 1.165) is 62.2 Å². The maximum Gasteiger partial charge on any atom is 0.415 e. The van der Waals surface area contributed by atoms with Crippen molar-refractivity contribution in [2.24, 2.45) is 4.99 Å². The van der Waals surface area contributed by atoms with Gasteiger partial charge in [0.2, 0.25) is 0 Å². The molecule has 3 aliphatic rings. The summed E-state index contributed by atoms with van der Waals surface area (Å²) in [6.07, 6.45) is 3.21. The van der Waals surface area contributed by atoms with Gasteiger partial charge in [0.15, 0.2) is 5.17 Å². The van der Waals surface area contributed by atoms with Gasteiger partial charge in [0, 0.05) is 56.9 Å². The number of hydrogen-bond acceptors (Lipinski definition) is 7. The van der Waals surface area contributed by atoms with E-state index in [1.165, 1.54) is 23.9 Å². The highest BCUT2D eigenvalue weighted by atomic mass is 32.2. The number of likely N-dealkylation sites (tertiary alicyclic amines) is 1. The number of benzene rings is 1. The molecule has 0 unspecified atom stereocenters. The molecule has 3 heterocycles. The Morgan fingerprint density at radius 1 is 1.26 bits per heavy atom. The third-order valence-electron chi connectivity index (χ3n) is 6.51. The summed E-state index contributed by atoms with van der Waals surface area (Å²) in [5.74, 6) is -0.257. The van der Waals surface area contributed by atoms with Crippen molar-refractivity contribution in [3.8, 4) is 5.75 Å². The van der Waals surface area contributed by atoms with Crippen LogP contribution in [0.25, 0.3) is 6.08 Å². The molecule has 4 rings (SSSR count). The molecule has 10 heteroatoms. The maximum atomic E-state index is 14.1. The zero-order valence-electron chi connectivity index (χ0n) is 19.8. The number of piperidine rings is 1. The van der Waals surface area contributed by atoms with E-state index in [4.69, 9.17) is 17.0 Å². The van der Waals surface area contributed by atoms with Crippen molar-refractivity contribution in [1.29, 1.82) is 0 Å². The molecule has 0 aliphatic carbocycles. The van der Waals surface area contributed by atoms with E-state index in [1.54, 1.807) is 11.0 Å². The van der Waals surface area contributed by atoms with E-state index in [0.29, 0.717) is 29.7 Å². The van der Waals surface area contributed by atoms with Crippen molar-refractivity contribution < 1.29 is 13.9 Å². The molecule has 1 amide bonds. The van der Waals surface area contributed by atoms with Crippen LogP contribution in [0.3, 0.4) is 0 Å². The van der Waals surface area contributed by atoms with Gasteiger partial charge in [-0.2, -0.15) is 0 Å². The summed E-state index contributed by atoms with van der Waals surface area (Å²) in [5.41, 5.74) is 0.606. The monoisotopic (exact) mass is 505 g/mol. The van der Waals surface area contributed by atoms with Gasteiger partial charge in [-0.25, -0.2) is 14.2 Å². The number of thioether (sulfide) groups is 1. The number of amidine groups is 1. The number of hydrogen-bond donors (Lipinski definition) is 1. The van der Waals surface area contributed by atoms with Gasteiger partial charge in [0.25, 0.3) is 0 Å². The van der Waals surface area contributed by atoms with Gasteiger partial charge in [0.05, 0.1) is 4.91 Å². The second-order valence-corrected chi connectivity index (χ2v) is 9.93. The van der Waals surface area contributed by atoms with Gasteiger partial charge < -0.3 is 24.8 Å². The van der Waals surface area contributed by atoms with Gasteiger partial charge in [-0.15, -0.1) is 0 Å². The molecular formula is C24H32FN5O2S2. The minimum atomic E-state index is -0.454. The first-order valence-corrected chi connectivity index (χ1v) is 13.2. The summed E-state index contributed by atoms with van der Waals surface area (Å²) in [5, 5.41) is 4.21. The minimum absolute atomic E-state index is 0.197. The number of nitrogens with one attached hydrogen (secondary N) is 1. The molecule has 7 nitrogen and oxygen atoms in total. The Kier molecular flexibility index (Phi) is 8.57. The highest BCUT2D eigenvalue weighted by Crippen LogP contribution is 2.34. The molecule has 0 radical (unpaired) electrons. The van der Waals surface area contributed by atoms with E-state index in [9.17, 15) is 9.18 Å². The Balaban J connectivity index is 1.43. The molecule has 1 aromatic carbocycles. The van der Waals surface area contributed by atoms with E-state index < -0.39 is 11.9 Å². The van der Waals surface area contributed by atoms with E-state index in [-0.39, 0.29) is 5.75 Å². The van der Waals surface area contributed by atoms with Crippen molar-refractivity contribution in [2.75, 3.05) is 52.4 Å². The summed E-state index contributed by atoms with van der Waals surface area (Å²) >= 11 is 6.99. The van der Waals surface area contributed by atoms with Gasteiger partial charge in [-0.3, -0.25) is 0 Å². The molecule has 0 atom stereocenters. The molecule has 3 aliphatic heterocycles. The Hall–Kier alpha value is -2.01. The fourth-order valence-corrected chi connectivity index (χ4v) is 5.85. The number of amides is 1. The van der Waals surface area contributed by atoms with E-state index >= 15 is 0 Å². The summed E-state index contributed by atoms with van der Waals surface area (Å²) in [6.45, 7) is 11.2. The highest BCUT2D eigenvalue weighted by molar-refractivity contribution is 8.19. The van der Waals surface area contributed by atoms with Crippen LogP contribution < -0.4 is 10.1 Å². The van der Waals surface area contributed by atoms with Crippen LogP contribution in [0.4, 0.5) is 9.18 Å². The van der Waals surface area contributed by atoms with Crippen LogP contribution in [0.5, 0.6) is 5.75 Å². The smallest absolute Gasteiger partial charge is 0.409 e. The number of aliphatic imine (C=N–C) groups is 1. The number of ether oxygens (including phenoxy) is 1. The van der Waals surface area contributed by atoms with Crippen LogP contribution in [-0.2, 0) is 0 Å². The average Bonchev–Trinajstić information content (AvgIpc) is 3.22. The second kappa shape index (κ2) is 11.6. The molecule has 0 spiro atoms. The molecule has 2 saturated heterocycles. The van der Waals surface area contributed by atoms with Crippen LogP contribution in [0.1, 0.15) is 32.3 Å². The van der Waals surface area contributed by atoms with Crippen molar-refractivity contribution in [3.63, 3.8) is 0 Å². The van der Waals surface area contributed by atoms with Gasteiger partial charge in [0.1, 0.15) is 16.6 Å². The van der Waals surface area contributed by atoms with Gasteiger partial charge >= 0.3 is 6.09 Å². The molecule has 1 aromatic rings. The standard InChI is InChI=1S/C24H32FN5O2S2/c1-3-28(4-2)19-7-11-30(12-8-19)24(31)32-20-16-18(25)6-5-17(20)15-21-22(33)27-23(34-21)29-13-9-26-10-14-29/h5-6,15-16,19,26H,3-4,7-14H2,1-2H3/b21-15-. The fourth-order valence-electron chi connectivity index (χ4n) is 4.56. The summed E-state index contributed by atoms with van der Waals surface area (Å²) in [6, 6.07) is 4.72. The largest absolute Gasteiger partial charge is 0.415 e. The number of halogens is 1. The Labute approximate surface area is 210 Å². The zero-order chi connectivity index (χ0) is 24.1. The van der Waals surface area contributed by atoms with Crippen LogP contribution >= 0.6 is 24.0 Å². The van der Waals surface area contributed by atoms with Crippen molar-refractivity contribution in [2.45, 2.75) is 32.7 Å². The van der Waals surface area contributed by atoms with E-state index in [1.807, 2.05) is 6.08 Å². The van der Waals surface area contributed by atoms with Gasteiger partial charge in [-0.05, 0) is 55.9 Å². The van der Waals surface area contributed by atoms with Gasteiger partial charge in [-0.1, -0.05) is 26.1 Å². The number of thiocarbonyl (C=S) groups is 1.